The maximum absolute atomic E-state index is 13.9. The van der Waals surface area contributed by atoms with Gasteiger partial charge in [-0.3, -0.25) is 24.6 Å². The van der Waals surface area contributed by atoms with Crippen LogP contribution in [-0.4, -0.2) is 111 Å². The van der Waals surface area contributed by atoms with Gasteiger partial charge in [0.15, 0.2) is 5.96 Å². The van der Waals surface area contributed by atoms with Crippen molar-refractivity contribution < 1.29 is 42.2 Å². The molecule has 1 aliphatic heterocycles. The number of rotatable bonds is 14. The Bertz CT molecular complexity index is 1580. The second-order valence-electron chi connectivity index (χ2n) is 11.5. The highest BCUT2D eigenvalue weighted by atomic mass is 32.2. The number of benzene rings is 2. The summed E-state index contributed by atoms with van der Waals surface area (Å²) < 4.78 is 34.0. The van der Waals surface area contributed by atoms with Crippen LogP contribution in [-0.2, 0) is 38.7 Å². The van der Waals surface area contributed by atoms with E-state index >= 15 is 0 Å². The predicted molar refractivity (Wildman–Crippen MR) is 182 cm³/mol. The van der Waals surface area contributed by atoms with Crippen molar-refractivity contribution >= 4 is 56.4 Å². The number of piperidine rings is 1. The lowest BCUT2D eigenvalue weighted by Crippen LogP contribution is -2.52. The van der Waals surface area contributed by atoms with Gasteiger partial charge in [0.25, 0.3) is 5.97 Å². The molecule has 2 aromatic carbocycles. The molecule has 2 aromatic rings. The molecule has 0 aromatic heterocycles. The minimum atomic E-state index is -4.25. The van der Waals surface area contributed by atoms with Crippen LogP contribution in [0.2, 0.25) is 0 Å². The molecule has 16 nitrogen and oxygen atoms in total. The third-order valence-corrected chi connectivity index (χ3v) is 9.06. The quantitative estimate of drug-likeness (QED) is 0.0688. The number of hydrogen-bond acceptors (Lipinski definition) is 9. The molecule has 0 unspecified atom stereocenters. The van der Waals surface area contributed by atoms with Gasteiger partial charge in [-0.2, -0.15) is 4.72 Å². The Morgan fingerprint density at radius 1 is 1.10 bits per heavy atom. The monoisotopic (exact) mass is 705 g/mol. The number of nitrogens with zero attached hydrogens (tertiary/aromatic N) is 2. The van der Waals surface area contributed by atoms with Crippen LogP contribution in [0.5, 0.6) is 0 Å². The van der Waals surface area contributed by atoms with Crippen LogP contribution in [0, 0.1) is 11.3 Å². The number of unbranched alkanes of at least 4 members (excludes halogenated alkanes) is 1. The van der Waals surface area contributed by atoms with Crippen LogP contribution in [0.15, 0.2) is 47.4 Å². The van der Waals surface area contributed by atoms with E-state index in [1.54, 1.807) is 23.1 Å². The molecule has 49 heavy (non-hydrogen) atoms. The second-order valence-corrected chi connectivity index (χ2v) is 13.2. The molecule has 1 saturated heterocycles. The first kappa shape index (κ1) is 40.4. The number of ether oxygens (including phenoxy) is 1. The molecule has 3 amide bonds. The zero-order valence-corrected chi connectivity index (χ0v) is 28.9. The minimum Gasteiger partial charge on any atom is -0.481 e. The highest BCUT2D eigenvalue weighted by Gasteiger charge is 2.32. The lowest BCUT2D eigenvalue weighted by atomic mass is 9.98. The number of hydrogen-bond donors (Lipinski definition) is 6. The van der Waals surface area contributed by atoms with E-state index in [4.69, 9.17) is 21.0 Å². The van der Waals surface area contributed by atoms with Crippen molar-refractivity contribution in [1.29, 1.82) is 5.41 Å². The zero-order valence-electron chi connectivity index (χ0n) is 28.1. The van der Waals surface area contributed by atoms with Gasteiger partial charge >= 0.3 is 11.9 Å². The number of amides is 3. The van der Waals surface area contributed by atoms with Crippen molar-refractivity contribution in [2.45, 2.75) is 56.9 Å². The van der Waals surface area contributed by atoms with Gasteiger partial charge in [0, 0.05) is 46.2 Å². The number of carboxylic acids is 1. The lowest BCUT2D eigenvalue weighted by molar-refractivity contribution is -0.152. The largest absolute Gasteiger partial charge is 0.481 e. The number of fused-ring (bicyclic) bond motifs is 1. The Labute approximate surface area is 286 Å². The normalized spacial score (nSPS) is 14.8. The first-order chi connectivity index (χ1) is 23.2. The van der Waals surface area contributed by atoms with E-state index in [-0.39, 0.29) is 43.0 Å². The molecular formula is C32H47N7O9S. The molecule has 3 rings (SSSR count). The maximum atomic E-state index is 13.9. The average molecular weight is 706 g/mol. The second kappa shape index (κ2) is 19.9. The number of sulfonamides is 1. The zero-order chi connectivity index (χ0) is 36.6. The number of carbonyl (C=O) groups excluding carboxylic acids is 4. The molecule has 0 aliphatic carbocycles. The summed E-state index contributed by atoms with van der Waals surface area (Å²) in [6, 6.07) is 10.4. The molecule has 0 saturated carbocycles. The maximum Gasteiger partial charge on any atom is 0.396 e. The Kier molecular flexibility index (Phi) is 16.4. The highest BCUT2D eigenvalue weighted by Crippen LogP contribution is 2.20. The Hall–Kier alpha value is -4.77. The molecule has 7 N–H and O–H groups in total. The lowest BCUT2D eigenvalue weighted by Gasteiger charge is -2.33. The van der Waals surface area contributed by atoms with E-state index in [0.717, 1.165) is 38.7 Å². The Morgan fingerprint density at radius 2 is 1.78 bits per heavy atom. The van der Waals surface area contributed by atoms with Crippen LogP contribution < -0.4 is 21.1 Å². The Balaban J connectivity index is 0.00000197. The number of carbonyl (C=O) groups is 5. The third-order valence-electron chi connectivity index (χ3n) is 7.60. The number of nitrogens with one attached hydrogen (secondary N) is 4. The van der Waals surface area contributed by atoms with Crippen LogP contribution in [0.25, 0.3) is 10.8 Å². The number of carboxylic acid groups (broad SMARTS) is 1. The molecule has 0 bridgehead atoms. The van der Waals surface area contributed by atoms with Crippen molar-refractivity contribution in [2.24, 2.45) is 11.7 Å². The van der Waals surface area contributed by atoms with Gasteiger partial charge in [-0.25, -0.2) is 13.2 Å². The molecule has 17 heteroatoms. The summed E-state index contributed by atoms with van der Waals surface area (Å²) in [5, 5.41) is 21.8. The molecule has 1 fully saturated rings. The van der Waals surface area contributed by atoms with Gasteiger partial charge in [-0.15, -0.1) is 0 Å². The van der Waals surface area contributed by atoms with Gasteiger partial charge in [-0.1, -0.05) is 43.7 Å². The van der Waals surface area contributed by atoms with Crippen molar-refractivity contribution in [3.63, 3.8) is 0 Å². The highest BCUT2D eigenvalue weighted by molar-refractivity contribution is 7.89. The summed E-state index contributed by atoms with van der Waals surface area (Å²) in [7, 11) is -3.18. The van der Waals surface area contributed by atoms with Crippen LogP contribution in [0.1, 0.15) is 46.0 Å². The van der Waals surface area contributed by atoms with Gasteiger partial charge in [0.1, 0.15) is 6.04 Å². The number of nitrogens with two attached hydrogens (primary N) is 1. The molecule has 1 aliphatic rings. The van der Waals surface area contributed by atoms with Crippen molar-refractivity contribution in [1.82, 2.24) is 25.2 Å². The standard InChI is InChI=1S/C30H43N7O7S.C2H4O2/c1-3-4-14-36(16-13-33-27(39)29(41)44-2)28(40)25(18-26(38)34-19-21-8-7-15-37(20-21)30(31)32)35-45(42,43)24-12-11-22-9-5-6-10-23(22)17-24;1-2(3)4/h5-6,9-12,17,21,25,35H,3-4,7-8,13-16,18-20H2,1-2H3,(H3,31,32)(H,33,39)(H,34,38);1H3,(H,3,4)/t21-,25-;/m0./s1. The summed E-state index contributed by atoms with van der Waals surface area (Å²) in [6.45, 7) is 4.58. The first-order valence-corrected chi connectivity index (χ1v) is 17.4. The summed E-state index contributed by atoms with van der Waals surface area (Å²) in [5.74, 6) is -4.05. The average Bonchev–Trinajstić information content (AvgIpc) is 3.07. The van der Waals surface area contributed by atoms with Crippen LogP contribution in [0.4, 0.5) is 0 Å². The molecule has 0 radical (unpaired) electrons. The van der Waals surface area contributed by atoms with Crippen molar-refractivity contribution in [3.8, 4) is 0 Å². The number of methoxy groups -OCH3 is 1. The van der Waals surface area contributed by atoms with Crippen LogP contribution >= 0.6 is 0 Å². The van der Waals surface area contributed by atoms with E-state index in [2.05, 4.69) is 20.1 Å². The van der Waals surface area contributed by atoms with Gasteiger partial charge in [0.2, 0.25) is 21.8 Å². The third kappa shape index (κ3) is 13.7. The van der Waals surface area contributed by atoms with Crippen LogP contribution in [0.3, 0.4) is 0 Å². The summed E-state index contributed by atoms with van der Waals surface area (Å²) in [4.78, 5) is 62.4. The minimum absolute atomic E-state index is 0.0274. The van der Waals surface area contributed by atoms with E-state index < -0.39 is 52.1 Å². The molecule has 2 atom stereocenters. The van der Waals surface area contributed by atoms with E-state index in [9.17, 15) is 27.6 Å². The van der Waals surface area contributed by atoms with Gasteiger partial charge < -0.3 is 36.0 Å². The topological polar surface area (TPSA) is 241 Å². The predicted octanol–water partition coefficient (Wildman–Crippen LogP) is 0.607. The summed E-state index contributed by atoms with van der Waals surface area (Å²) in [5.41, 5.74) is 5.63. The molecular weight excluding hydrogens is 658 g/mol. The van der Waals surface area contributed by atoms with Crippen molar-refractivity contribution in [3.05, 3.63) is 42.5 Å². The van der Waals surface area contributed by atoms with Gasteiger partial charge in [-0.05, 0) is 48.1 Å². The fourth-order valence-corrected chi connectivity index (χ4v) is 6.33. The molecule has 1 heterocycles. The fraction of sp³-hybridized carbons (Fsp3) is 0.500. The smallest absolute Gasteiger partial charge is 0.396 e. The van der Waals surface area contributed by atoms with Gasteiger partial charge in [0.05, 0.1) is 18.4 Å². The Morgan fingerprint density at radius 3 is 2.41 bits per heavy atom. The molecule has 270 valence electrons. The van der Waals surface area contributed by atoms with Crippen molar-refractivity contribution in [2.75, 3.05) is 46.4 Å². The summed E-state index contributed by atoms with van der Waals surface area (Å²) in [6.07, 6.45) is 2.48. The fourth-order valence-electron chi connectivity index (χ4n) is 5.11. The number of guanidine groups is 1. The number of esters is 1. The first-order valence-electron chi connectivity index (χ1n) is 15.9. The number of likely N-dealkylation sites (tertiary alicyclic amines) is 1. The van der Waals surface area contributed by atoms with E-state index in [1.807, 2.05) is 19.1 Å². The molecule has 0 spiro atoms. The van der Waals surface area contributed by atoms with E-state index in [1.165, 1.54) is 17.0 Å². The number of aliphatic carboxylic acids is 1. The SMILES string of the molecule is CC(=O)O.CCCCN(CCNC(=O)C(=O)OC)C(=O)[C@H](CC(=O)NC[C@@H]1CCCN(C(=N)N)C1)NS(=O)(=O)c1ccc2ccccc2c1. The summed E-state index contributed by atoms with van der Waals surface area (Å²) >= 11 is 0. The van der Waals surface area contributed by atoms with E-state index in [0.29, 0.717) is 24.9 Å².